The molecule has 72 valence electrons. The molecule has 0 radical (unpaired) electrons. The fraction of sp³-hybridized carbons (Fsp3) is 0.600. The van der Waals surface area contributed by atoms with Crippen molar-refractivity contribution >= 4 is 5.69 Å². The topological polar surface area (TPSA) is 37.8 Å². The van der Waals surface area contributed by atoms with E-state index in [1.807, 2.05) is 0 Å². The lowest BCUT2D eigenvalue weighted by atomic mass is 10.1. The zero-order valence-electron chi connectivity index (χ0n) is 8.33. The standard InChI is InChI=1S/C10H17N3/c1-3-4-5-9(2)13-10-6-11-8-12-7-10/h6-9,13H,3-5H2,1-2H3. The zero-order valence-corrected chi connectivity index (χ0v) is 8.33. The van der Waals surface area contributed by atoms with Crippen molar-refractivity contribution in [2.45, 2.75) is 39.2 Å². The third-order valence-corrected chi connectivity index (χ3v) is 1.96. The van der Waals surface area contributed by atoms with E-state index in [0.29, 0.717) is 6.04 Å². The second-order valence-electron chi connectivity index (χ2n) is 3.31. The Balaban J connectivity index is 2.32. The molecule has 0 amide bonds. The summed E-state index contributed by atoms with van der Waals surface area (Å²) in [5.74, 6) is 0. The van der Waals surface area contributed by atoms with Crippen molar-refractivity contribution in [1.29, 1.82) is 0 Å². The molecule has 0 saturated heterocycles. The van der Waals surface area contributed by atoms with E-state index in [1.54, 1.807) is 18.7 Å². The minimum absolute atomic E-state index is 0.506. The average molecular weight is 179 g/mol. The van der Waals surface area contributed by atoms with Crippen molar-refractivity contribution in [3.63, 3.8) is 0 Å². The van der Waals surface area contributed by atoms with Gasteiger partial charge in [-0.05, 0) is 13.3 Å². The molecule has 3 nitrogen and oxygen atoms in total. The number of unbranched alkanes of at least 4 members (excludes halogenated alkanes) is 1. The molecule has 0 fully saturated rings. The van der Waals surface area contributed by atoms with E-state index in [-0.39, 0.29) is 0 Å². The smallest absolute Gasteiger partial charge is 0.115 e. The number of nitrogens with one attached hydrogen (secondary N) is 1. The summed E-state index contributed by atoms with van der Waals surface area (Å²) in [6, 6.07) is 0.506. The minimum Gasteiger partial charge on any atom is -0.380 e. The average Bonchev–Trinajstić information content (AvgIpc) is 2.16. The Kier molecular flexibility index (Phi) is 4.23. The van der Waals surface area contributed by atoms with Gasteiger partial charge in [-0.3, -0.25) is 0 Å². The van der Waals surface area contributed by atoms with Crippen LogP contribution in [0.3, 0.4) is 0 Å². The van der Waals surface area contributed by atoms with E-state index in [0.717, 1.165) is 5.69 Å². The predicted octanol–water partition coefficient (Wildman–Crippen LogP) is 2.47. The highest BCUT2D eigenvalue weighted by atomic mass is 14.9. The Hall–Kier alpha value is -1.12. The van der Waals surface area contributed by atoms with Crippen LogP contribution in [0.25, 0.3) is 0 Å². The Labute approximate surface area is 79.6 Å². The van der Waals surface area contributed by atoms with Gasteiger partial charge in [-0.2, -0.15) is 0 Å². The maximum atomic E-state index is 3.94. The highest BCUT2D eigenvalue weighted by Crippen LogP contribution is 2.07. The second-order valence-corrected chi connectivity index (χ2v) is 3.31. The van der Waals surface area contributed by atoms with E-state index >= 15 is 0 Å². The lowest BCUT2D eigenvalue weighted by Crippen LogP contribution is -2.14. The van der Waals surface area contributed by atoms with E-state index < -0.39 is 0 Å². The number of anilines is 1. The first kappa shape index (κ1) is 9.96. The maximum Gasteiger partial charge on any atom is 0.115 e. The Morgan fingerprint density at radius 3 is 2.69 bits per heavy atom. The Morgan fingerprint density at radius 2 is 2.08 bits per heavy atom. The predicted molar refractivity (Wildman–Crippen MR) is 54.6 cm³/mol. The van der Waals surface area contributed by atoms with Crippen LogP contribution in [0, 0.1) is 0 Å². The van der Waals surface area contributed by atoms with Crippen molar-refractivity contribution in [3.8, 4) is 0 Å². The molecule has 0 saturated carbocycles. The summed E-state index contributed by atoms with van der Waals surface area (Å²) in [6.07, 6.45) is 8.86. The number of rotatable bonds is 5. The molecule has 1 unspecified atom stereocenters. The Morgan fingerprint density at radius 1 is 1.38 bits per heavy atom. The van der Waals surface area contributed by atoms with Gasteiger partial charge in [0.15, 0.2) is 0 Å². The van der Waals surface area contributed by atoms with Crippen LogP contribution in [0.2, 0.25) is 0 Å². The van der Waals surface area contributed by atoms with E-state index in [2.05, 4.69) is 29.1 Å². The number of hydrogen-bond donors (Lipinski definition) is 1. The van der Waals surface area contributed by atoms with Crippen LogP contribution < -0.4 is 5.32 Å². The minimum atomic E-state index is 0.506. The van der Waals surface area contributed by atoms with E-state index in [1.165, 1.54) is 19.3 Å². The molecule has 13 heavy (non-hydrogen) atoms. The van der Waals surface area contributed by atoms with Crippen LogP contribution in [0.4, 0.5) is 5.69 Å². The lowest BCUT2D eigenvalue weighted by Gasteiger charge is -2.13. The van der Waals surface area contributed by atoms with Crippen LogP contribution in [0.5, 0.6) is 0 Å². The molecule has 0 spiro atoms. The molecule has 0 aliphatic rings. The number of aromatic nitrogens is 2. The van der Waals surface area contributed by atoms with Gasteiger partial charge >= 0.3 is 0 Å². The van der Waals surface area contributed by atoms with Crippen molar-refractivity contribution in [2.24, 2.45) is 0 Å². The van der Waals surface area contributed by atoms with E-state index in [9.17, 15) is 0 Å². The van der Waals surface area contributed by atoms with Gasteiger partial charge in [-0.1, -0.05) is 19.8 Å². The highest BCUT2D eigenvalue weighted by molar-refractivity contribution is 5.37. The van der Waals surface area contributed by atoms with Gasteiger partial charge in [0.25, 0.3) is 0 Å². The molecule has 0 aliphatic heterocycles. The fourth-order valence-electron chi connectivity index (χ4n) is 1.24. The van der Waals surface area contributed by atoms with Crippen molar-refractivity contribution in [2.75, 3.05) is 5.32 Å². The third kappa shape index (κ3) is 3.87. The van der Waals surface area contributed by atoms with Crippen molar-refractivity contribution in [3.05, 3.63) is 18.7 Å². The van der Waals surface area contributed by atoms with Gasteiger partial charge in [0, 0.05) is 6.04 Å². The fourth-order valence-corrected chi connectivity index (χ4v) is 1.24. The molecule has 1 aromatic heterocycles. The third-order valence-electron chi connectivity index (χ3n) is 1.96. The molecule has 1 rings (SSSR count). The molecule has 3 heteroatoms. The van der Waals surface area contributed by atoms with Gasteiger partial charge in [0.1, 0.15) is 6.33 Å². The summed E-state index contributed by atoms with van der Waals surface area (Å²) in [5.41, 5.74) is 1.01. The van der Waals surface area contributed by atoms with Crippen LogP contribution in [0.15, 0.2) is 18.7 Å². The molecule has 1 N–H and O–H groups in total. The van der Waals surface area contributed by atoms with Crippen molar-refractivity contribution < 1.29 is 0 Å². The van der Waals surface area contributed by atoms with E-state index in [4.69, 9.17) is 0 Å². The maximum absolute atomic E-state index is 3.94. The van der Waals surface area contributed by atoms with Gasteiger partial charge in [-0.15, -0.1) is 0 Å². The van der Waals surface area contributed by atoms with Crippen molar-refractivity contribution in [1.82, 2.24) is 9.97 Å². The summed E-state index contributed by atoms with van der Waals surface area (Å²) in [7, 11) is 0. The first-order valence-electron chi connectivity index (χ1n) is 4.84. The zero-order chi connectivity index (χ0) is 9.52. The van der Waals surface area contributed by atoms with Gasteiger partial charge in [0.05, 0.1) is 18.1 Å². The van der Waals surface area contributed by atoms with Crippen LogP contribution in [0.1, 0.15) is 33.1 Å². The van der Waals surface area contributed by atoms with Gasteiger partial charge in [0.2, 0.25) is 0 Å². The molecule has 1 heterocycles. The summed E-state index contributed by atoms with van der Waals surface area (Å²) < 4.78 is 0. The second kappa shape index (κ2) is 5.51. The first-order valence-corrected chi connectivity index (χ1v) is 4.84. The summed E-state index contributed by atoms with van der Waals surface area (Å²) >= 11 is 0. The van der Waals surface area contributed by atoms with Crippen LogP contribution in [-0.2, 0) is 0 Å². The van der Waals surface area contributed by atoms with Crippen LogP contribution >= 0.6 is 0 Å². The van der Waals surface area contributed by atoms with Crippen LogP contribution in [-0.4, -0.2) is 16.0 Å². The molecule has 0 aliphatic carbocycles. The van der Waals surface area contributed by atoms with Gasteiger partial charge < -0.3 is 5.32 Å². The molecular formula is C10H17N3. The quantitative estimate of drug-likeness (QED) is 0.754. The largest absolute Gasteiger partial charge is 0.380 e. The van der Waals surface area contributed by atoms with Gasteiger partial charge in [-0.25, -0.2) is 9.97 Å². The monoisotopic (exact) mass is 179 g/mol. The summed E-state index contributed by atoms with van der Waals surface area (Å²) in [6.45, 7) is 4.39. The normalized spacial score (nSPS) is 12.5. The Bertz CT molecular complexity index is 223. The lowest BCUT2D eigenvalue weighted by molar-refractivity contribution is 0.644. The molecular weight excluding hydrogens is 162 g/mol. The molecule has 0 aromatic carbocycles. The number of hydrogen-bond acceptors (Lipinski definition) is 3. The highest BCUT2D eigenvalue weighted by Gasteiger charge is 2.00. The number of nitrogens with zero attached hydrogens (tertiary/aromatic N) is 2. The summed E-state index contributed by atoms with van der Waals surface area (Å²) in [4.78, 5) is 7.89. The SMILES string of the molecule is CCCCC(C)Nc1cncnc1. The molecule has 1 atom stereocenters. The molecule has 0 bridgehead atoms. The first-order chi connectivity index (χ1) is 6.33. The summed E-state index contributed by atoms with van der Waals surface area (Å²) in [5, 5.41) is 3.35. The molecule has 1 aromatic rings.